The van der Waals surface area contributed by atoms with Crippen LogP contribution >= 0.6 is 11.8 Å². The Balaban J connectivity index is 1.56. The number of nitrogens with zero attached hydrogens (tertiary/aromatic N) is 2. The lowest BCUT2D eigenvalue weighted by Gasteiger charge is -2.32. The summed E-state index contributed by atoms with van der Waals surface area (Å²) in [6.45, 7) is 2.80. The van der Waals surface area contributed by atoms with Gasteiger partial charge in [0.05, 0.1) is 24.4 Å². The number of hydrogen-bond acceptors (Lipinski definition) is 6. The fourth-order valence-electron chi connectivity index (χ4n) is 3.58. The van der Waals surface area contributed by atoms with Crippen LogP contribution in [0.4, 0.5) is 11.4 Å². The highest BCUT2D eigenvalue weighted by Gasteiger charge is 2.36. The number of amides is 2. The molecule has 1 heterocycles. The van der Waals surface area contributed by atoms with Gasteiger partial charge in [0.15, 0.2) is 5.17 Å². The van der Waals surface area contributed by atoms with E-state index in [0.717, 1.165) is 11.3 Å². The lowest BCUT2D eigenvalue weighted by Crippen LogP contribution is -2.44. The number of aromatic carboxylic acids is 1. The highest BCUT2D eigenvalue weighted by atomic mass is 32.2. The van der Waals surface area contributed by atoms with E-state index in [0.29, 0.717) is 29.7 Å². The molecule has 3 aromatic carbocycles. The summed E-state index contributed by atoms with van der Waals surface area (Å²) in [7, 11) is 0. The summed E-state index contributed by atoms with van der Waals surface area (Å²) in [5.41, 5.74) is 2.16. The van der Waals surface area contributed by atoms with Gasteiger partial charge in [0, 0.05) is 12.1 Å². The summed E-state index contributed by atoms with van der Waals surface area (Å²) < 4.78 is 5.49. The first-order chi connectivity index (χ1) is 17.4. The van der Waals surface area contributed by atoms with Crippen molar-refractivity contribution < 1.29 is 24.2 Å². The van der Waals surface area contributed by atoms with Gasteiger partial charge in [-0.15, -0.1) is 0 Å². The van der Waals surface area contributed by atoms with Crippen LogP contribution in [0, 0.1) is 0 Å². The van der Waals surface area contributed by atoms with E-state index < -0.39 is 11.2 Å². The van der Waals surface area contributed by atoms with Gasteiger partial charge in [0.25, 0.3) is 0 Å². The second-order valence-electron chi connectivity index (χ2n) is 7.97. The Morgan fingerprint density at radius 3 is 2.39 bits per heavy atom. The van der Waals surface area contributed by atoms with Crippen molar-refractivity contribution in [1.82, 2.24) is 4.90 Å². The Hall–Kier alpha value is -4.11. The first kappa shape index (κ1) is 25.0. The van der Waals surface area contributed by atoms with Crippen LogP contribution in [0.2, 0.25) is 0 Å². The molecule has 0 saturated carbocycles. The van der Waals surface area contributed by atoms with E-state index in [4.69, 9.17) is 14.8 Å². The molecule has 2 N–H and O–H groups in total. The molecule has 0 radical (unpaired) electrons. The number of thioether (sulfide) groups is 1. The lowest BCUT2D eigenvalue weighted by atomic mass is 10.2. The molecule has 3 aromatic rings. The number of hydrogen-bond donors (Lipinski definition) is 2. The second kappa shape index (κ2) is 11.5. The minimum Gasteiger partial charge on any atom is -0.494 e. The average molecular weight is 504 g/mol. The maximum atomic E-state index is 13.2. The SMILES string of the molecule is CCOc1ccc(N=C2S[C@@H](C(=O)Nc3ccc(C(=O)O)cc3)CC(=O)N2Cc2ccccc2)cc1. The van der Waals surface area contributed by atoms with Crippen molar-refractivity contribution in [1.29, 1.82) is 0 Å². The summed E-state index contributed by atoms with van der Waals surface area (Å²) in [4.78, 5) is 43.6. The predicted molar refractivity (Wildman–Crippen MR) is 140 cm³/mol. The van der Waals surface area contributed by atoms with Gasteiger partial charge >= 0.3 is 5.97 Å². The van der Waals surface area contributed by atoms with Crippen molar-refractivity contribution in [2.45, 2.75) is 25.1 Å². The number of aliphatic imine (C=N–C) groups is 1. The van der Waals surface area contributed by atoms with Gasteiger partial charge < -0.3 is 15.2 Å². The first-order valence-electron chi connectivity index (χ1n) is 11.4. The molecule has 0 aliphatic carbocycles. The fraction of sp³-hybridized carbons (Fsp3) is 0.185. The molecule has 1 saturated heterocycles. The zero-order chi connectivity index (χ0) is 25.5. The van der Waals surface area contributed by atoms with E-state index in [2.05, 4.69) is 5.32 Å². The molecule has 1 fully saturated rings. The van der Waals surface area contributed by atoms with Crippen LogP contribution in [0.3, 0.4) is 0 Å². The van der Waals surface area contributed by atoms with E-state index in [9.17, 15) is 14.4 Å². The molecular formula is C27H25N3O5S. The second-order valence-corrected chi connectivity index (χ2v) is 9.14. The molecule has 184 valence electrons. The summed E-state index contributed by atoms with van der Waals surface area (Å²) >= 11 is 1.22. The zero-order valence-corrected chi connectivity index (χ0v) is 20.4. The standard InChI is InChI=1S/C27H25N3O5S/c1-2-35-22-14-12-21(13-15-22)29-27-30(17-18-6-4-3-5-7-18)24(31)16-23(36-27)25(32)28-20-10-8-19(9-11-20)26(33)34/h3-15,23H,2,16-17H2,1H3,(H,28,32)(H,33,34)/t23-/m1/s1. The molecule has 36 heavy (non-hydrogen) atoms. The minimum atomic E-state index is -1.05. The number of rotatable bonds is 8. The molecule has 1 aliphatic rings. The predicted octanol–water partition coefficient (Wildman–Crippen LogP) is 4.94. The zero-order valence-electron chi connectivity index (χ0n) is 19.6. The number of benzene rings is 3. The van der Waals surface area contributed by atoms with Crippen molar-refractivity contribution in [3.05, 3.63) is 90.0 Å². The Labute approximate surface area is 213 Å². The molecule has 0 aromatic heterocycles. The Kier molecular flexibility index (Phi) is 8.02. The molecule has 0 spiro atoms. The van der Waals surface area contributed by atoms with Crippen LogP contribution in [-0.2, 0) is 16.1 Å². The Morgan fingerprint density at radius 2 is 1.75 bits per heavy atom. The van der Waals surface area contributed by atoms with E-state index >= 15 is 0 Å². The number of carboxylic acids is 1. The first-order valence-corrected chi connectivity index (χ1v) is 12.3. The number of carboxylic acid groups (broad SMARTS) is 1. The molecule has 4 rings (SSSR count). The molecule has 1 atom stereocenters. The summed E-state index contributed by atoms with van der Waals surface area (Å²) in [5, 5.41) is 11.6. The van der Waals surface area contributed by atoms with E-state index in [-0.39, 0.29) is 23.8 Å². The minimum absolute atomic E-state index is 0.0127. The topological polar surface area (TPSA) is 108 Å². The fourth-order valence-corrected chi connectivity index (χ4v) is 4.67. The molecular weight excluding hydrogens is 478 g/mol. The number of carbonyl (C=O) groups excluding carboxylic acids is 2. The number of ether oxygens (including phenoxy) is 1. The van der Waals surface area contributed by atoms with Crippen molar-refractivity contribution in [3.8, 4) is 5.75 Å². The normalized spacial score (nSPS) is 16.6. The van der Waals surface area contributed by atoms with Gasteiger partial charge in [0.1, 0.15) is 11.0 Å². The Morgan fingerprint density at radius 1 is 1.06 bits per heavy atom. The third-order valence-electron chi connectivity index (χ3n) is 5.39. The summed E-state index contributed by atoms with van der Waals surface area (Å²) in [6.07, 6.45) is 0.0127. The number of amidine groups is 1. The summed E-state index contributed by atoms with van der Waals surface area (Å²) in [5.74, 6) is -0.880. The van der Waals surface area contributed by atoms with Crippen molar-refractivity contribution in [2.75, 3.05) is 11.9 Å². The highest BCUT2D eigenvalue weighted by molar-refractivity contribution is 8.15. The molecule has 1 aliphatic heterocycles. The molecule has 9 heteroatoms. The van der Waals surface area contributed by atoms with Crippen LogP contribution in [0.25, 0.3) is 0 Å². The molecule has 2 amide bonds. The van der Waals surface area contributed by atoms with Crippen LogP contribution in [0.1, 0.15) is 29.3 Å². The van der Waals surface area contributed by atoms with Gasteiger partial charge in [-0.05, 0) is 61.0 Å². The third-order valence-corrected chi connectivity index (χ3v) is 6.58. The number of carbonyl (C=O) groups is 3. The van der Waals surface area contributed by atoms with Crippen molar-refractivity contribution >= 4 is 46.1 Å². The maximum Gasteiger partial charge on any atom is 0.335 e. The van der Waals surface area contributed by atoms with E-state index in [1.807, 2.05) is 49.4 Å². The van der Waals surface area contributed by atoms with Gasteiger partial charge in [-0.3, -0.25) is 14.5 Å². The Bertz CT molecular complexity index is 1260. The smallest absolute Gasteiger partial charge is 0.335 e. The van der Waals surface area contributed by atoms with Gasteiger partial charge in [-0.1, -0.05) is 42.1 Å². The van der Waals surface area contributed by atoms with Crippen LogP contribution < -0.4 is 10.1 Å². The van der Waals surface area contributed by atoms with E-state index in [1.54, 1.807) is 17.0 Å². The third kappa shape index (κ3) is 6.31. The average Bonchev–Trinajstić information content (AvgIpc) is 2.88. The molecule has 0 bridgehead atoms. The van der Waals surface area contributed by atoms with Crippen molar-refractivity contribution in [3.63, 3.8) is 0 Å². The lowest BCUT2D eigenvalue weighted by molar-refractivity contribution is -0.129. The highest BCUT2D eigenvalue weighted by Crippen LogP contribution is 2.31. The number of nitrogens with one attached hydrogen (secondary N) is 1. The summed E-state index contributed by atoms with van der Waals surface area (Å²) in [6, 6.07) is 22.7. The molecule has 0 unspecified atom stereocenters. The van der Waals surface area contributed by atoms with Crippen molar-refractivity contribution in [2.24, 2.45) is 4.99 Å². The van der Waals surface area contributed by atoms with Crippen LogP contribution in [0.5, 0.6) is 5.75 Å². The van der Waals surface area contributed by atoms with Gasteiger partial charge in [-0.25, -0.2) is 9.79 Å². The van der Waals surface area contributed by atoms with E-state index in [1.165, 1.54) is 36.0 Å². The monoisotopic (exact) mass is 503 g/mol. The number of anilines is 1. The largest absolute Gasteiger partial charge is 0.494 e. The molecule has 8 nitrogen and oxygen atoms in total. The van der Waals surface area contributed by atoms with Gasteiger partial charge in [0.2, 0.25) is 11.8 Å². The maximum absolute atomic E-state index is 13.2. The quantitative estimate of drug-likeness (QED) is 0.451. The van der Waals surface area contributed by atoms with Crippen LogP contribution in [-0.4, -0.2) is 44.8 Å². The van der Waals surface area contributed by atoms with Gasteiger partial charge in [-0.2, -0.15) is 0 Å². The van der Waals surface area contributed by atoms with Crippen LogP contribution in [0.15, 0.2) is 83.9 Å².